The van der Waals surface area contributed by atoms with Crippen molar-refractivity contribution in [2.45, 2.75) is 13.3 Å². The van der Waals surface area contributed by atoms with Crippen LogP contribution >= 0.6 is 11.6 Å². The summed E-state index contributed by atoms with van der Waals surface area (Å²) >= 11 is 6.31. The van der Waals surface area contributed by atoms with Crippen LogP contribution in [0.5, 0.6) is 11.5 Å². The lowest BCUT2D eigenvalue weighted by Crippen LogP contribution is -2.13. The lowest BCUT2D eigenvalue weighted by atomic mass is 10.1. The Morgan fingerprint density at radius 1 is 0.970 bits per heavy atom. The van der Waals surface area contributed by atoms with Gasteiger partial charge in [0.2, 0.25) is 0 Å². The molecule has 3 aromatic carbocycles. The second-order valence-corrected chi connectivity index (χ2v) is 7.62. The molecule has 7 heteroatoms. The number of hydrogen-bond acceptors (Lipinski definition) is 5. The molecule has 6 nitrogen and oxygen atoms in total. The molecule has 0 saturated heterocycles. The number of pyridine rings is 1. The normalized spacial score (nSPS) is 10.6. The maximum Gasteiger partial charge on any atom is 0.310 e. The van der Waals surface area contributed by atoms with Gasteiger partial charge in [0.15, 0.2) is 0 Å². The van der Waals surface area contributed by atoms with Crippen molar-refractivity contribution in [3.05, 3.63) is 95.1 Å². The molecule has 4 aromatic rings. The van der Waals surface area contributed by atoms with E-state index in [-0.39, 0.29) is 18.3 Å². The molecule has 0 spiro atoms. The summed E-state index contributed by atoms with van der Waals surface area (Å²) in [7, 11) is 0. The zero-order valence-corrected chi connectivity index (χ0v) is 18.6. The van der Waals surface area contributed by atoms with Crippen LogP contribution in [-0.4, -0.2) is 23.5 Å². The summed E-state index contributed by atoms with van der Waals surface area (Å²) in [5.74, 6) is 0.409. The van der Waals surface area contributed by atoms with Gasteiger partial charge in [0.25, 0.3) is 5.91 Å². The third-order valence-electron chi connectivity index (χ3n) is 4.82. The highest BCUT2D eigenvalue weighted by molar-refractivity contribution is 6.32. The number of benzene rings is 3. The van der Waals surface area contributed by atoms with Gasteiger partial charge in [-0.05, 0) is 61.0 Å². The number of para-hydroxylation sites is 1. The molecule has 1 N–H and O–H groups in total. The number of nitrogens with zero attached hydrogens (tertiary/aromatic N) is 1. The monoisotopic (exact) mass is 460 g/mol. The molecule has 0 atom stereocenters. The van der Waals surface area contributed by atoms with Gasteiger partial charge in [-0.2, -0.15) is 0 Å². The molecular formula is C26H21ClN2O4. The van der Waals surface area contributed by atoms with Crippen LogP contribution in [0.2, 0.25) is 5.02 Å². The van der Waals surface area contributed by atoms with Crippen LogP contribution in [0.25, 0.3) is 10.9 Å². The van der Waals surface area contributed by atoms with E-state index in [1.54, 1.807) is 55.5 Å². The predicted octanol–water partition coefficient (Wildman–Crippen LogP) is 6.04. The van der Waals surface area contributed by atoms with Crippen molar-refractivity contribution < 1.29 is 19.1 Å². The van der Waals surface area contributed by atoms with Crippen LogP contribution < -0.4 is 10.1 Å². The van der Waals surface area contributed by atoms with Crippen molar-refractivity contribution in [3.63, 3.8) is 0 Å². The molecule has 0 aliphatic carbocycles. The van der Waals surface area contributed by atoms with Gasteiger partial charge in [0, 0.05) is 11.1 Å². The second-order valence-electron chi connectivity index (χ2n) is 7.22. The van der Waals surface area contributed by atoms with E-state index < -0.39 is 0 Å². The Bertz CT molecular complexity index is 1310. The van der Waals surface area contributed by atoms with Crippen molar-refractivity contribution >= 4 is 40.1 Å². The Kier molecular flexibility index (Phi) is 6.86. The van der Waals surface area contributed by atoms with Crippen molar-refractivity contribution in [1.29, 1.82) is 0 Å². The minimum absolute atomic E-state index is 0.147. The fraction of sp³-hybridized carbons (Fsp3) is 0.115. The zero-order chi connectivity index (χ0) is 23.2. The first-order valence-corrected chi connectivity index (χ1v) is 10.8. The summed E-state index contributed by atoms with van der Waals surface area (Å²) in [5, 5.41) is 4.20. The number of nitrogens with one attached hydrogen (secondary N) is 1. The molecular weight excluding hydrogens is 440 g/mol. The van der Waals surface area contributed by atoms with Gasteiger partial charge in [-0.3, -0.25) is 9.59 Å². The number of carbonyl (C=O) groups excluding carboxylic acids is 2. The highest BCUT2D eigenvalue weighted by Crippen LogP contribution is 2.31. The third-order valence-corrected chi connectivity index (χ3v) is 5.12. The Labute approximate surface area is 196 Å². The van der Waals surface area contributed by atoms with Gasteiger partial charge in [0.05, 0.1) is 23.6 Å². The van der Waals surface area contributed by atoms with E-state index in [1.165, 1.54) is 0 Å². The summed E-state index contributed by atoms with van der Waals surface area (Å²) in [6.45, 7) is 2.10. The fourth-order valence-corrected chi connectivity index (χ4v) is 3.48. The maximum atomic E-state index is 12.6. The van der Waals surface area contributed by atoms with Crippen LogP contribution in [0.15, 0.2) is 78.9 Å². The standard InChI is InChI=1S/C26H21ClN2O4/c1-2-32-25(30)16-17-7-14-24(21(27)15-17)33-20-11-9-19(10-12-20)28-26(31)23-13-8-18-5-3-4-6-22(18)29-23/h3-15H,2,16H2,1H3,(H,28,31). The average molecular weight is 461 g/mol. The van der Waals surface area contributed by atoms with E-state index in [0.717, 1.165) is 16.5 Å². The summed E-state index contributed by atoms with van der Waals surface area (Å²) < 4.78 is 10.8. The molecule has 0 radical (unpaired) electrons. The zero-order valence-electron chi connectivity index (χ0n) is 17.9. The first-order valence-electron chi connectivity index (χ1n) is 10.4. The van der Waals surface area contributed by atoms with Crippen LogP contribution in [0.3, 0.4) is 0 Å². The average Bonchev–Trinajstić information content (AvgIpc) is 2.82. The molecule has 0 aliphatic heterocycles. The number of ether oxygens (including phenoxy) is 2. The number of hydrogen-bond donors (Lipinski definition) is 1. The quantitative estimate of drug-likeness (QED) is 0.340. The number of fused-ring (bicyclic) bond motifs is 1. The van der Waals surface area contributed by atoms with E-state index in [2.05, 4.69) is 10.3 Å². The number of halogens is 1. The molecule has 166 valence electrons. The van der Waals surface area contributed by atoms with Gasteiger partial charge in [0.1, 0.15) is 17.2 Å². The molecule has 1 aromatic heterocycles. The van der Waals surface area contributed by atoms with Crippen molar-refractivity contribution in [2.24, 2.45) is 0 Å². The van der Waals surface area contributed by atoms with Gasteiger partial charge in [-0.25, -0.2) is 4.98 Å². The van der Waals surface area contributed by atoms with Crippen molar-refractivity contribution in [1.82, 2.24) is 4.98 Å². The van der Waals surface area contributed by atoms with Gasteiger partial charge in [-0.15, -0.1) is 0 Å². The predicted molar refractivity (Wildman–Crippen MR) is 128 cm³/mol. The molecule has 0 aliphatic rings. The Morgan fingerprint density at radius 3 is 2.52 bits per heavy atom. The number of anilines is 1. The molecule has 1 heterocycles. The number of rotatable bonds is 7. The molecule has 1 amide bonds. The SMILES string of the molecule is CCOC(=O)Cc1ccc(Oc2ccc(NC(=O)c3ccc4ccccc4n3)cc2)c(Cl)c1. The van der Waals surface area contributed by atoms with E-state index in [9.17, 15) is 9.59 Å². The molecule has 0 fully saturated rings. The van der Waals surface area contributed by atoms with Crippen LogP contribution in [0, 0.1) is 0 Å². The lowest BCUT2D eigenvalue weighted by molar-refractivity contribution is -0.142. The number of amides is 1. The van der Waals surface area contributed by atoms with Crippen LogP contribution in [0.4, 0.5) is 5.69 Å². The van der Waals surface area contributed by atoms with Crippen LogP contribution in [0.1, 0.15) is 23.0 Å². The Hall–Kier alpha value is -3.90. The summed E-state index contributed by atoms with van der Waals surface area (Å²) in [4.78, 5) is 28.6. The maximum absolute atomic E-state index is 12.6. The van der Waals surface area contributed by atoms with E-state index in [1.807, 2.05) is 30.3 Å². The molecule has 33 heavy (non-hydrogen) atoms. The molecule has 0 saturated carbocycles. The van der Waals surface area contributed by atoms with Crippen LogP contribution in [-0.2, 0) is 16.0 Å². The summed E-state index contributed by atoms with van der Waals surface area (Å²) in [5.41, 5.74) is 2.45. The number of esters is 1. The van der Waals surface area contributed by atoms with E-state index in [0.29, 0.717) is 34.5 Å². The van der Waals surface area contributed by atoms with Crippen molar-refractivity contribution in [3.8, 4) is 11.5 Å². The Balaban J connectivity index is 1.39. The first kappa shape index (κ1) is 22.3. The van der Waals surface area contributed by atoms with Crippen molar-refractivity contribution in [2.75, 3.05) is 11.9 Å². The number of aromatic nitrogens is 1. The summed E-state index contributed by atoms with van der Waals surface area (Å²) in [6.07, 6.45) is 0.147. The third kappa shape index (κ3) is 5.67. The second kappa shape index (κ2) is 10.1. The molecule has 0 unspecified atom stereocenters. The molecule has 0 bridgehead atoms. The fourth-order valence-electron chi connectivity index (χ4n) is 3.24. The van der Waals surface area contributed by atoms with Gasteiger partial charge < -0.3 is 14.8 Å². The topological polar surface area (TPSA) is 77.5 Å². The minimum Gasteiger partial charge on any atom is -0.466 e. The Morgan fingerprint density at radius 2 is 1.76 bits per heavy atom. The highest BCUT2D eigenvalue weighted by atomic mass is 35.5. The van der Waals surface area contributed by atoms with E-state index >= 15 is 0 Å². The largest absolute Gasteiger partial charge is 0.466 e. The van der Waals surface area contributed by atoms with Gasteiger partial charge >= 0.3 is 5.97 Å². The highest BCUT2D eigenvalue weighted by Gasteiger charge is 2.11. The minimum atomic E-state index is -0.307. The van der Waals surface area contributed by atoms with E-state index in [4.69, 9.17) is 21.1 Å². The lowest BCUT2D eigenvalue weighted by Gasteiger charge is -2.10. The smallest absolute Gasteiger partial charge is 0.310 e. The first-order chi connectivity index (χ1) is 16.0. The number of carbonyl (C=O) groups is 2. The summed E-state index contributed by atoms with van der Waals surface area (Å²) in [6, 6.07) is 23.3. The molecule has 4 rings (SSSR count). The van der Waals surface area contributed by atoms with Gasteiger partial charge in [-0.1, -0.05) is 41.9 Å².